The van der Waals surface area contributed by atoms with Gasteiger partial charge in [0, 0.05) is 56.1 Å². The van der Waals surface area contributed by atoms with Crippen molar-refractivity contribution in [1.29, 1.82) is 0 Å². The number of nitrogens with zero attached hydrogens (tertiary/aromatic N) is 5. The fraction of sp³-hybridized carbons (Fsp3) is 0.273. The van der Waals surface area contributed by atoms with Crippen LogP contribution in [0.25, 0.3) is 16.6 Å². The summed E-state index contributed by atoms with van der Waals surface area (Å²) in [6, 6.07) is 15.7. The van der Waals surface area contributed by atoms with Crippen molar-refractivity contribution in [3.63, 3.8) is 0 Å². The number of rotatable bonds is 11. The molecule has 1 N–H and O–H groups in total. The molecule has 0 atom stereocenters. The van der Waals surface area contributed by atoms with E-state index in [1.807, 2.05) is 0 Å². The average molecular weight is 663 g/mol. The molecule has 1 saturated heterocycles. The maximum Gasteiger partial charge on any atom is 0.350 e. The van der Waals surface area contributed by atoms with Crippen molar-refractivity contribution in [2.75, 3.05) is 51.9 Å². The third-order valence-corrected chi connectivity index (χ3v) is 7.96. The van der Waals surface area contributed by atoms with Gasteiger partial charge in [0.1, 0.15) is 5.75 Å². The molecular formula is C33H32ClFN6O6. The van der Waals surface area contributed by atoms with E-state index in [4.69, 9.17) is 30.5 Å². The van der Waals surface area contributed by atoms with E-state index in [9.17, 15) is 9.59 Å². The Bertz CT molecular complexity index is 1980. The van der Waals surface area contributed by atoms with Gasteiger partial charge in [0.25, 0.3) is 5.91 Å². The molecule has 3 heterocycles. The van der Waals surface area contributed by atoms with Crippen molar-refractivity contribution in [2.45, 2.75) is 6.42 Å². The first-order valence-corrected chi connectivity index (χ1v) is 15.3. The number of anilines is 1. The Labute approximate surface area is 274 Å². The van der Waals surface area contributed by atoms with E-state index in [-0.39, 0.29) is 17.3 Å². The fourth-order valence-corrected chi connectivity index (χ4v) is 5.38. The summed E-state index contributed by atoms with van der Waals surface area (Å²) < 4.78 is 40.4. The molecule has 5 aromatic rings. The van der Waals surface area contributed by atoms with Crippen LogP contribution in [0.15, 0.2) is 71.7 Å². The number of carbonyl (C=O) groups excluding carboxylic acids is 1. The summed E-state index contributed by atoms with van der Waals surface area (Å²) in [5.74, 6) is -0.312. The molecule has 0 saturated carbocycles. The lowest BCUT2D eigenvalue weighted by molar-refractivity contribution is 0.0357. The molecule has 14 heteroatoms. The second-order valence-electron chi connectivity index (χ2n) is 10.7. The fourth-order valence-electron chi connectivity index (χ4n) is 5.17. The van der Waals surface area contributed by atoms with Gasteiger partial charge in [-0.2, -0.15) is 4.68 Å². The number of pyridine rings is 1. The van der Waals surface area contributed by atoms with Crippen LogP contribution in [0.2, 0.25) is 5.02 Å². The second-order valence-corrected chi connectivity index (χ2v) is 11.1. The Kier molecular flexibility index (Phi) is 9.66. The van der Waals surface area contributed by atoms with Gasteiger partial charge in [-0.3, -0.25) is 19.2 Å². The molecule has 244 valence electrons. The summed E-state index contributed by atoms with van der Waals surface area (Å²) in [7, 11) is 2.95. The SMILES string of the molecule is COc1cc2c(Oc3ccc(NC(=O)c4nn(-c5ccccc5Cl)c(=O)n4C)cc3F)ccnc2cc1OCCCN1CCOCC1. The Morgan fingerprint density at radius 1 is 1.04 bits per heavy atom. The molecule has 0 bridgehead atoms. The van der Waals surface area contributed by atoms with Crippen LogP contribution in [0.1, 0.15) is 17.0 Å². The highest BCUT2D eigenvalue weighted by Crippen LogP contribution is 2.38. The topological polar surface area (TPSA) is 122 Å². The molecule has 0 radical (unpaired) electrons. The molecule has 6 rings (SSSR count). The zero-order valence-electron chi connectivity index (χ0n) is 25.7. The number of amides is 1. The molecule has 1 fully saturated rings. The number of fused-ring (bicyclic) bond motifs is 1. The van der Waals surface area contributed by atoms with Gasteiger partial charge < -0.3 is 24.3 Å². The number of ether oxygens (including phenoxy) is 4. The number of hydrogen-bond acceptors (Lipinski definition) is 9. The molecule has 2 aromatic heterocycles. The summed E-state index contributed by atoms with van der Waals surface area (Å²) in [5.41, 5.74) is 0.474. The van der Waals surface area contributed by atoms with Crippen molar-refractivity contribution in [3.05, 3.63) is 94.0 Å². The van der Waals surface area contributed by atoms with Gasteiger partial charge in [0.15, 0.2) is 23.1 Å². The normalized spacial score (nSPS) is 13.4. The Morgan fingerprint density at radius 2 is 1.85 bits per heavy atom. The van der Waals surface area contributed by atoms with Crippen molar-refractivity contribution in [1.82, 2.24) is 24.2 Å². The number of morpholine rings is 1. The zero-order valence-corrected chi connectivity index (χ0v) is 26.5. The van der Waals surface area contributed by atoms with Gasteiger partial charge in [0.2, 0.25) is 5.82 Å². The van der Waals surface area contributed by atoms with Crippen LogP contribution in [0.5, 0.6) is 23.0 Å². The molecular weight excluding hydrogens is 631 g/mol. The molecule has 12 nitrogen and oxygen atoms in total. The lowest BCUT2D eigenvalue weighted by Crippen LogP contribution is -2.37. The van der Waals surface area contributed by atoms with Crippen LogP contribution < -0.4 is 25.2 Å². The first kappa shape index (κ1) is 32.0. The Balaban J connectivity index is 1.15. The monoisotopic (exact) mass is 662 g/mol. The standard InChI is InChI=1S/C33H32ClFN6O6/c1-39-31(38-41(33(39)43)26-7-4-3-6-23(26)34)32(42)37-21-8-9-28(24(35)18-21)47-27-10-11-36-25-20-30(29(44-2)19-22(25)27)46-15-5-12-40-13-16-45-17-14-40/h3-4,6-11,18-20H,5,12-17H2,1-2H3,(H,37,42). The van der Waals surface area contributed by atoms with E-state index >= 15 is 4.39 Å². The van der Waals surface area contributed by atoms with E-state index in [1.165, 1.54) is 19.2 Å². The van der Waals surface area contributed by atoms with Crippen LogP contribution in [0.4, 0.5) is 10.1 Å². The Morgan fingerprint density at radius 3 is 2.62 bits per heavy atom. The predicted octanol–water partition coefficient (Wildman–Crippen LogP) is 5.07. The highest BCUT2D eigenvalue weighted by atomic mass is 35.5. The molecule has 47 heavy (non-hydrogen) atoms. The maximum atomic E-state index is 15.3. The Hall–Kier alpha value is -4.98. The van der Waals surface area contributed by atoms with E-state index in [0.717, 1.165) is 54.6 Å². The van der Waals surface area contributed by atoms with Gasteiger partial charge in [0.05, 0.1) is 43.2 Å². The highest BCUT2D eigenvalue weighted by Gasteiger charge is 2.21. The minimum Gasteiger partial charge on any atom is -0.493 e. The van der Waals surface area contributed by atoms with Gasteiger partial charge in [-0.1, -0.05) is 23.7 Å². The number of aromatic nitrogens is 4. The molecule has 3 aromatic carbocycles. The van der Waals surface area contributed by atoms with Gasteiger partial charge >= 0.3 is 5.69 Å². The second kappa shape index (κ2) is 14.2. The van der Waals surface area contributed by atoms with E-state index in [2.05, 4.69) is 20.3 Å². The van der Waals surface area contributed by atoms with Crippen LogP contribution in [-0.4, -0.2) is 76.7 Å². The quantitative estimate of drug-likeness (QED) is 0.193. The number of para-hydroxylation sites is 1. The number of carbonyl (C=O) groups is 1. The van der Waals surface area contributed by atoms with E-state index < -0.39 is 17.4 Å². The smallest absolute Gasteiger partial charge is 0.350 e. The van der Waals surface area contributed by atoms with Gasteiger partial charge in [-0.25, -0.2) is 9.18 Å². The van der Waals surface area contributed by atoms with Crippen LogP contribution in [0.3, 0.4) is 0 Å². The third kappa shape index (κ3) is 7.07. The summed E-state index contributed by atoms with van der Waals surface area (Å²) in [6.07, 6.45) is 2.41. The minimum absolute atomic E-state index is 0.0756. The molecule has 1 aliphatic heterocycles. The summed E-state index contributed by atoms with van der Waals surface area (Å²) in [6.45, 7) is 4.76. The first-order chi connectivity index (χ1) is 22.8. The third-order valence-electron chi connectivity index (χ3n) is 7.64. The zero-order chi connectivity index (χ0) is 32.9. The molecule has 1 amide bonds. The lowest BCUT2D eigenvalue weighted by Gasteiger charge is -2.26. The highest BCUT2D eigenvalue weighted by molar-refractivity contribution is 6.32. The molecule has 0 aliphatic carbocycles. The molecule has 0 unspecified atom stereocenters. The van der Waals surface area contributed by atoms with Gasteiger partial charge in [-0.15, -0.1) is 5.10 Å². The van der Waals surface area contributed by atoms with Crippen molar-refractivity contribution < 1.29 is 28.1 Å². The number of hydrogen-bond donors (Lipinski definition) is 1. The van der Waals surface area contributed by atoms with Crippen LogP contribution in [-0.2, 0) is 11.8 Å². The van der Waals surface area contributed by atoms with Crippen LogP contribution in [0, 0.1) is 5.82 Å². The van der Waals surface area contributed by atoms with Crippen LogP contribution >= 0.6 is 11.6 Å². The summed E-state index contributed by atoms with van der Waals surface area (Å²) >= 11 is 6.21. The van der Waals surface area contributed by atoms with Gasteiger partial charge in [-0.05, 0) is 42.8 Å². The van der Waals surface area contributed by atoms with Crippen molar-refractivity contribution in [2.24, 2.45) is 7.05 Å². The first-order valence-electron chi connectivity index (χ1n) is 14.9. The van der Waals surface area contributed by atoms with Crippen molar-refractivity contribution >= 4 is 34.1 Å². The van der Waals surface area contributed by atoms with Crippen molar-refractivity contribution in [3.8, 4) is 28.7 Å². The number of methoxy groups -OCH3 is 1. The molecule has 0 spiro atoms. The number of nitrogens with one attached hydrogen (secondary N) is 1. The predicted molar refractivity (Wildman–Crippen MR) is 174 cm³/mol. The largest absolute Gasteiger partial charge is 0.493 e. The molecule has 1 aliphatic rings. The lowest BCUT2D eigenvalue weighted by atomic mass is 10.1. The van der Waals surface area contributed by atoms with E-state index in [0.29, 0.717) is 45.5 Å². The summed E-state index contributed by atoms with van der Waals surface area (Å²) in [4.78, 5) is 32.6. The number of halogens is 2. The average Bonchev–Trinajstić information content (AvgIpc) is 3.38. The summed E-state index contributed by atoms with van der Waals surface area (Å²) in [5, 5.41) is 7.61. The number of benzene rings is 3. The minimum atomic E-state index is -0.726. The maximum absolute atomic E-state index is 15.3. The van der Waals surface area contributed by atoms with E-state index in [1.54, 1.807) is 55.8 Å².